The molecule has 0 radical (unpaired) electrons. The van der Waals surface area contributed by atoms with Gasteiger partial charge in [0, 0.05) is 29.7 Å². The van der Waals surface area contributed by atoms with Gasteiger partial charge in [0.1, 0.15) is 0 Å². The van der Waals surface area contributed by atoms with Gasteiger partial charge in [-0.1, -0.05) is 37.0 Å². The van der Waals surface area contributed by atoms with E-state index in [9.17, 15) is 0 Å². The van der Waals surface area contributed by atoms with Crippen molar-refractivity contribution in [3.63, 3.8) is 0 Å². The third-order valence-electron chi connectivity index (χ3n) is 3.63. The summed E-state index contributed by atoms with van der Waals surface area (Å²) in [7, 11) is 0. The lowest BCUT2D eigenvalue weighted by Gasteiger charge is -2.27. The van der Waals surface area contributed by atoms with Gasteiger partial charge in [-0.25, -0.2) is 0 Å². The SMILES string of the molecule is CC(C)CN(Cc1cc(Cl)cc(Cl)c1)C[C@H]1CCNC1. The van der Waals surface area contributed by atoms with Gasteiger partial charge < -0.3 is 5.32 Å². The second-order valence-corrected chi connectivity index (χ2v) is 7.10. The van der Waals surface area contributed by atoms with Gasteiger partial charge in [-0.05, 0) is 55.1 Å². The van der Waals surface area contributed by atoms with Gasteiger partial charge in [0.15, 0.2) is 0 Å². The van der Waals surface area contributed by atoms with Crippen LogP contribution in [0.2, 0.25) is 10.0 Å². The molecule has 2 rings (SSSR count). The summed E-state index contributed by atoms with van der Waals surface area (Å²) >= 11 is 12.2. The van der Waals surface area contributed by atoms with E-state index in [0.717, 1.165) is 48.7 Å². The minimum atomic E-state index is 0.666. The number of nitrogens with zero attached hydrogens (tertiary/aromatic N) is 1. The average molecular weight is 315 g/mol. The van der Waals surface area contributed by atoms with Gasteiger partial charge in [-0.3, -0.25) is 4.90 Å². The third-order valence-corrected chi connectivity index (χ3v) is 4.07. The van der Waals surface area contributed by atoms with Gasteiger partial charge in [-0.2, -0.15) is 0 Å². The first-order valence-corrected chi connectivity index (χ1v) is 8.16. The molecule has 112 valence electrons. The Bertz CT molecular complexity index is 408. The van der Waals surface area contributed by atoms with Crippen LogP contribution in [0.4, 0.5) is 0 Å². The molecule has 1 atom stereocenters. The summed E-state index contributed by atoms with van der Waals surface area (Å²) in [5.41, 5.74) is 1.20. The van der Waals surface area contributed by atoms with E-state index in [1.807, 2.05) is 12.1 Å². The number of benzene rings is 1. The van der Waals surface area contributed by atoms with Crippen molar-refractivity contribution in [3.05, 3.63) is 33.8 Å². The molecule has 1 saturated heterocycles. The van der Waals surface area contributed by atoms with Crippen LogP contribution in [0.15, 0.2) is 18.2 Å². The van der Waals surface area contributed by atoms with Gasteiger partial charge in [-0.15, -0.1) is 0 Å². The first-order chi connectivity index (χ1) is 9.52. The van der Waals surface area contributed by atoms with Crippen LogP contribution in [0, 0.1) is 11.8 Å². The first-order valence-electron chi connectivity index (χ1n) is 7.41. The summed E-state index contributed by atoms with van der Waals surface area (Å²) in [6.07, 6.45) is 1.28. The lowest BCUT2D eigenvalue weighted by Crippen LogP contribution is -2.33. The van der Waals surface area contributed by atoms with E-state index in [2.05, 4.69) is 24.1 Å². The van der Waals surface area contributed by atoms with E-state index in [-0.39, 0.29) is 0 Å². The van der Waals surface area contributed by atoms with Crippen LogP contribution in [0.25, 0.3) is 0 Å². The number of hydrogen-bond donors (Lipinski definition) is 1. The van der Waals surface area contributed by atoms with Crippen LogP contribution in [0.5, 0.6) is 0 Å². The van der Waals surface area contributed by atoms with Crippen molar-refractivity contribution in [1.29, 1.82) is 0 Å². The summed E-state index contributed by atoms with van der Waals surface area (Å²) in [5, 5.41) is 4.89. The van der Waals surface area contributed by atoms with Crippen molar-refractivity contribution in [2.24, 2.45) is 11.8 Å². The molecule has 20 heavy (non-hydrogen) atoms. The number of rotatable bonds is 6. The van der Waals surface area contributed by atoms with Crippen LogP contribution >= 0.6 is 23.2 Å². The Morgan fingerprint density at radius 3 is 2.50 bits per heavy atom. The molecule has 1 heterocycles. The zero-order valence-electron chi connectivity index (χ0n) is 12.3. The maximum atomic E-state index is 6.10. The molecule has 0 unspecified atom stereocenters. The number of nitrogens with one attached hydrogen (secondary N) is 1. The van der Waals surface area contributed by atoms with E-state index in [1.54, 1.807) is 6.07 Å². The minimum absolute atomic E-state index is 0.666. The second kappa shape index (κ2) is 7.65. The van der Waals surface area contributed by atoms with Crippen LogP contribution in [-0.2, 0) is 6.54 Å². The van der Waals surface area contributed by atoms with Crippen LogP contribution in [0.1, 0.15) is 25.8 Å². The Morgan fingerprint density at radius 1 is 1.25 bits per heavy atom. The van der Waals surface area contributed by atoms with E-state index in [0.29, 0.717) is 5.92 Å². The maximum absolute atomic E-state index is 6.10. The summed E-state index contributed by atoms with van der Waals surface area (Å²) in [5.74, 6) is 1.43. The highest BCUT2D eigenvalue weighted by Gasteiger charge is 2.19. The van der Waals surface area contributed by atoms with Crippen molar-refractivity contribution < 1.29 is 0 Å². The molecule has 0 saturated carbocycles. The molecule has 1 aromatic carbocycles. The molecule has 0 amide bonds. The van der Waals surface area contributed by atoms with Crippen molar-refractivity contribution in [2.45, 2.75) is 26.8 Å². The molecule has 1 aromatic rings. The molecule has 2 nitrogen and oxygen atoms in total. The quantitative estimate of drug-likeness (QED) is 0.851. The molecule has 1 N–H and O–H groups in total. The molecular weight excluding hydrogens is 291 g/mol. The lowest BCUT2D eigenvalue weighted by atomic mass is 10.1. The average Bonchev–Trinajstić information content (AvgIpc) is 2.79. The van der Waals surface area contributed by atoms with Crippen molar-refractivity contribution in [3.8, 4) is 0 Å². The first kappa shape index (κ1) is 16.1. The largest absolute Gasteiger partial charge is 0.316 e. The van der Waals surface area contributed by atoms with E-state index in [4.69, 9.17) is 23.2 Å². The molecule has 1 fully saturated rings. The summed E-state index contributed by atoms with van der Waals surface area (Å²) in [6, 6.07) is 5.83. The molecule has 0 spiro atoms. The summed E-state index contributed by atoms with van der Waals surface area (Å²) in [4.78, 5) is 2.53. The molecule has 4 heteroatoms. The zero-order chi connectivity index (χ0) is 14.5. The Labute approximate surface area is 132 Å². The lowest BCUT2D eigenvalue weighted by molar-refractivity contribution is 0.205. The predicted octanol–water partition coefficient (Wildman–Crippen LogP) is 4.06. The van der Waals surface area contributed by atoms with Crippen molar-refractivity contribution >= 4 is 23.2 Å². The molecule has 0 bridgehead atoms. The smallest absolute Gasteiger partial charge is 0.0424 e. The number of halogens is 2. The van der Waals surface area contributed by atoms with Crippen molar-refractivity contribution in [1.82, 2.24) is 10.2 Å². The Morgan fingerprint density at radius 2 is 1.95 bits per heavy atom. The van der Waals surface area contributed by atoms with Gasteiger partial charge in [0.25, 0.3) is 0 Å². The highest BCUT2D eigenvalue weighted by atomic mass is 35.5. The fourth-order valence-electron chi connectivity index (χ4n) is 2.92. The fraction of sp³-hybridized carbons (Fsp3) is 0.625. The molecule has 1 aliphatic heterocycles. The van der Waals surface area contributed by atoms with Crippen LogP contribution < -0.4 is 5.32 Å². The van der Waals surface area contributed by atoms with Crippen LogP contribution in [0.3, 0.4) is 0 Å². The second-order valence-electron chi connectivity index (χ2n) is 6.22. The van der Waals surface area contributed by atoms with E-state index < -0.39 is 0 Å². The maximum Gasteiger partial charge on any atom is 0.0424 e. The van der Waals surface area contributed by atoms with Gasteiger partial charge >= 0.3 is 0 Å². The summed E-state index contributed by atoms with van der Waals surface area (Å²) < 4.78 is 0. The Kier molecular flexibility index (Phi) is 6.16. The highest BCUT2D eigenvalue weighted by Crippen LogP contribution is 2.21. The van der Waals surface area contributed by atoms with Crippen LogP contribution in [-0.4, -0.2) is 31.1 Å². The fourth-order valence-corrected chi connectivity index (χ4v) is 3.49. The summed E-state index contributed by atoms with van der Waals surface area (Å²) in [6.45, 7) is 10.0. The zero-order valence-corrected chi connectivity index (χ0v) is 13.8. The third kappa shape index (κ3) is 5.25. The Balaban J connectivity index is 2.01. The monoisotopic (exact) mass is 314 g/mol. The van der Waals surface area contributed by atoms with Crippen molar-refractivity contribution in [2.75, 3.05) is 26.2 Å². The molecule has 1 aliphatic rings. The Hall–Kier alpha value is -0.280. The molecular formula is C16H24Cl2N2. The highest BCUT2D eigenvalue weighted by molar-refractivity contribution is 6.34. The minimum Gasteiger partial charge on any atom is -0.316 e. The molecule has 0 aliphatic carbocycles. The topological polar surface area (TPSA) is 15.3 Å². The van der Waals surface area contributed by atoms with E-state index in [1.165, 1.54) is 12.0 Å². The number of hydrogen-bond acceptors (Lipinski definition) is 2. The molecule has 0 aromatic heterocycles. The normalized spacial score (nSPS) is 19.2. The van der Waals surface area contributed by atoms with E-state index >= 15 is 0 Å². The van der Waals surface area contributed by atoms with Gasteiger partial charge in [0.2, 0.25) is 0 Å². The predicted molar refractivity (Wildman–Crippen MR) is 87.6 cm³/mol. The van der Waals surface area contributed by atoms with Gasteiger partial charge in [0.05, 0.1) is 0 Å². The standard InChI is InChI=1S/C16H24Cl2N2/c1-12(2)9-20(10-13-3-4-19-8-13)11-14-5-15(17)7-16(18)6-14/h5-7,12-13,19H,3-4,8-11H2,1-2H3/t13-/m0/s1.